The van der Waals surface area contributed by atoms with Crippen molar-refractivity contribution in [2.75, 3.05) is 32.8 Å². The lowest BCUT2D eigenvalue weighted by molar-refractivity contribution is -0.0505. The van der Waals surface area contributed by atoms with Gasteiger partial charge in [0.15, 0.2) is 0 Å². The lowest BCUT2D eigenvalue weighted by Gasteiger charge is -2.37. The second kappa shape index (κ2) is 6.88. The van der Waals surface area contributed by atoms with Crippen molar-refractivity contribution in [1.82, 2.24) is 9.80 Å². The van der Waals surface area contributed by atoms with E-state index in [4.69, 9.17) is 4.74 Å². The topological polar surface area (TPSA) is 35.9 Å². The fourth-order valence-corrected chi connectivity index (χ4v) is 3.42. The van der Waals surface area contributed by atoms with Crippen LogP contribution in [0.25, 0.3) is 0 Å². The molecule has 0 aliphatic carbocycles. The van der Waals surface area contributed by atoms with E-state index in [2.05, 4.69) is 40.1 Å². The zero-order valence-electron chi connectivity index (χ0n) is 12.8. The van der Waals surface area contributed by atoms with Crippen molar-refractivity contribution in [2.45, 2.75) is 38.1 Å². The zero-order chi connectivity index (χ0) is 14.7. The third-order valence-electron chi connectivity index (χ3n) is 4.66. The second-order valence-corrected chi connectivity index (χ2v) is 6.21. The Morgan fingerprint density at radius 2 is 2.10 bits per heavy atom. The molecule has 2 heterocycles. The van der Waals surface area contributed by atoms with Gasteiger partial charge in [0.05, 0.1) is 24.9 Å². The number of likely N-dealkylation sites (tertiary alicyclic amines) is 1. The summed E-state index contributed by atoms with van der Waals surface area (Å²) in [7, 11) is 0. The number of β-amino-alcohol motifs (C(OH)–C–C–N with tert-alkyl or cyclic N) is 1. The van der Waals surface area contributed by atoms with E-state index in [1.807, 2.05) is 6.92 Å². The molecule has 116 valence electrons. The summed E-state index contributed by atoms with van der Waals surface area (Å²) in [4.78, 5) is 4.90. The molecule has 1 N–H and O–H groups in total. The van der Waals surface area contributed by atoms with E-state index >= 15 is 0 Å². The second-order valence-electron chi connectivity index (χ2n) is 6.21. The van der Waals surface area contributed by atoms with E-state index < -0.39 is 0 Å². The monoisotopic (exact) mass is 290 g/mol. The molecule has 0 saturated carbocycles. The van der Waals surface area contributed by atoms with Crippen molar-refractivity contribution in [3.63, 3.8) is 0 Å². The van der Waals surface area contributed by atoms with Gasteiger partial charge in [-0.3, -0.25) is 9.80 Å². The molecule has 2 fully saturated rings. The van der Waals surface area contributed by atoms with Gasteiger partial charge in [-0.15, -0.1) is 0 Å². The van der Waals surface area contributed by atoms with E-state index in [-0.39, 0.29) is 6.10 Å². The van der Waals surface area contributed by atoms with E-state index in [1.165, 1.54) is 5.56 Å². The number of nitrogens with zero attached hydrogens (tertiary/aromatic N) is 2. The number of hydrogen-bond donors (Lipinski definition) is 1. The summed E-state index contributed by atoms with van der Waals surface area (Å²) in [5, 5.41) is 9.86. The molecule has 4 nitrogen and oxygen atoms in total. The molecule has 2 aliphatic rings. The zero-order valence-corrected chi connectivity index (χ0v) is 12.8. The highest BCUT2D eigenvalue weighted by atomic mass is 16.5. The molecule has 0 radical (unpaired) electrons. The van der Waals surface area contributed by atoms with Crippen LogP contribution in [-0.4, -0.2) is 65.9 Å². The van der Waals surface area contributed by atoms with E-state index in [1.54, 1.807) is 0 Å². The first-order valence-electron chi connectivity index (χ1n) is 8.06. The Kier molecular flexibility index (Phi) is 4.91. The molecule has 4 heteroatoms. The largest absolute Gasteiger partial charge is 0.392 e. The molecule has 1 aromatic carbocycles. The molecule has 0 aromatic heterocycles. The van der Waals surface area contributed by atoms with Crippen molar-refractivity contribution >= 4 is 0 Å². The quantitative estimate of drug-likeness (QED) is 0.888. The molecule has 1 aromatic rings. The predicted molar refractivity (Wildman–Crippen MR) is 83.1 cm³/mol. The van der Waals surface area contributed by atoms with Gasteiger partial charge in [-0.25, -0.2) is 0 Å². The molecule has 2 aliphatic heterocycles. The Morgan fingerprint density at radius 1 is 1.29 bits per heavy atom. The van der Waals surface area contributed by atoms with Crippen LogP contribution in [0.2, 0.25) is 0 Å². The summed E-state index contributed by atoms with van der Waals surface area (Å²) in [6.45, 7) is 7.58. The van der Waals surface area contributed by atoms with Crippen LogP contribution in [0.3, 0.4) is 0 Å². The van der Waals surface area contributed by atoms with Gasteiger partial charge in [0.1, 0.15) is 0 Å². The third kappa shape index (κ3) is 3.64. The van der Waals surface area contributed by atoms with Crippen LogP contribution in [0.5, 0.6) is 0 Å². The van der Waals surface area contributed by atoms with Gasteiger partial charge in [0.25, 0.3) is 0 Å². The molecule has 0 spiro atoms. The van der Waals surface area contributed by atoms with E-state index in [0.29, 0.717) is 12.1 Å². The molecule has 3 atom stereocenters. The van der Waals surface area contributed by atoms with Gasteiger partial charge in [-0.1, -0.05) is 37.3 Å². The third-order valence-corrected chi connectivity index (χ3v) is 4.66. The minimum Gasteiger partial charge on any atom is -0.392 e. The molecular formula is C17H26N2O2. The van der Waals surface area contributed by atoms with Gasteiger partial charge >= 0.3 is 0 Å². The molecule has 2 unspecified atom stereocenters. The van der Waals surface area contributed by atoms with Crippen LogP contribution < -0.4 is 0 Å². The van der Waals surface area contributed by atoms with Crippen molar-refractivity contribution in [3.05, 3.63) is 35.9 Å². The highest BCUT2D eigenvalue weighted by Gasteiger charge is 2.40. The fourth-order valence-electron chi connectivity index (χ4n) is 3.42. The van der Waals surface area contributed by atoms with Crippen LogP contribution in [0.4, 0.5) is 0 Å². The number of aliphatic hydroxyl groups is 1. The standard InChI is InChI=1S/C17H26N2O2/c1-2-15(20)11-18-12-16-17(13-18)21-9-8-19(16)10-14-6-4-3-5-7-14/h3-7,15-17,20H,2,8-13H2,1H3/t15-,16?,17?/m1/s1. The molecule has 0 amide bonds. The average molecular weight is 290 g/mol. The van der Waals surface area contributed by atoms with Crippen LogP contribution in [0.15, 0.2) is 30.3 Å². The summed E-state index contributed by atoms with van der Waals surface area (Å²) in [5.74, 6) is 0. The number of fused-ring (bicyclic) bond motifs is 1. The van der Waals surface area contributed by atoms with Crippen molar-refractivity contribution in [2.24, 2.45) is 0 Å². The summed E-state index contributed by atoms with van der Waals surface area (Å²) < 4.78 is 5.95. The molecule has 2 saturated heterocycles. The van der Waals surface area contributed by atoms with Gasteiger partial charge in [-0.2, -0.15) is 0 Å². The summed E-state index contributed by atoms with van der Waals surface area (Å²) in [6.07, 6.45) is 0.902. The van der Waals surface area contributed by atoms with Crippen molar-refractivity contribution in [3.8, 4) is 0 Å². The number of benzene rings is 1. The highest BCUT2D eigenvalue weighted by Crippen LogP contribution is 2.24. The first kappa shape index (κ1) is 15.0. The highest BCUT2D eigenvalue weighted by molar-refractivity contribution is 5.15. The number of aliphatic hydroxyl groups excluding tert-OH is 1. The van der Waals surface area contributed by atoms with Crippen LogP contribution in [-0.2, 0) is 11.3 Å². The number of hydrogen-bond acceptors (Lipinski definition) is 4. The van der Waals surface area contributed by atoms with Crippen LogP contribution in [0.1, 0.15) is 18.9 Å². The maximum Gasteiger partial charge on any atom is 0.0870 e. The van der Waals surface area contributed by atoms with Gasteiger partial charge < -0.3 is 9.84 Å². The van der Waals surface area contributed by atoms with Gasteiger partial charge in [0.2, 0.25) is 0 Å². The maximum atomic E-state index is 9.86. The first-order valence-corrected chi connectivity index (χ1v) is 8.06. The Bertz CT molecular complexity index is 440. The Morgan fingerprint density at radius 3 is 2.86 bits per heavy atom. The SMILES string of the molecule is CC[C@@H](O)CN1CC2OCCN(Cc3ccccc3)C2C1. The van der Waals surface area contributed by atoms with Crippen molar-refractivity contribution in [1.29, 1.82) is 0 Å². The minimum absolute atomic E-state index is 0.215. The Hall–Kier alpha value is -0.940. The Balaban J connectivity index is 1.61. The summed E-state index contributed by atoms with van der Waals surface area (Å²) in [5.41, 5.74) is 1.37. The van der Waals surface area contributed by atoms with Crippen LogP contribution in [0, 0.1) is 0 Å². The lowest BCUT2D eigenvalue weighted by Crippen LogP contribution is -2.50. The lowest BCUT2D eigenvalue weighted by atomic mass is 10.1. The van der Waals surface area contributed by atoms with Crippen molar-refractivity contribution < 1.29 is 9.84 Å². The number of rotatable bonds is 5. The molecule has 0 bridgehead atoms. The smallest absolute Gasteiger partial charge is 0.0870 e. The van der Waals surface area contributed by atoms with Gasteiger partial charge in [-0.05, 0) is 12.0 Å². The van der Waals surface area contributed by atoms with E-state index in [9.17, 15) is 5.11 Å². The summed E-state index contributed by atoms with van der Waals surface area (Å²) >= 11 is 0. The normalized spacial score (nSPS) is 28.5. The average Bonchev–Trinajstić information content (AvgIpc) is 2.91. The summed E-state index contributed by atoms with van der Waals surface area (Å²) in [6, 6.07) is 11.1. The van der Waals surface area contributed by atoms with E-state index in [0.717, 1.165) is 45.8 Å². The number of ether oxygens (including phenoxy) is 1. The first-order chi connectivity index (χ1) is 10.3. The maximum absolute atomic E-state index is 9.86. The molecule has 3 rings (SSSR count). The fraction of sp³-hybridized carbons (Fsp3) is 0.647. The minimum atomic E-state index is -0.215. The van der Waals surface area contributed by atoms with Gasteiger partial charge in [0, 0.05) is 32.7 Å². The Labute approximate surface area is 127 Å². The predicted octanol–water partition coefficient (Wildman–Crippen LogP) is 1.34. The number of morpholine rings is 1. The molecular weight excluding hydrogens is 264 g/mol. The molecule has 21 heavy (non-hydrogen) atoms. The van der Waals surface area contributed by atoms with Crippen LogP contribution >= 0.6 is 0 Å².